The molecule has 0 fully saturated rings. The second-order valence-corrected chi connectivity index (χ2v) is 6.82. The third kappa shape index (κ3) is 2.89. The highest BCUT2D eigenvalue weighted by molar-refractivity contribution is 7.13. The van der Waals surface area contributed by atoms with E-state index in [9.17, 15) is 9.59 Å². The number of hydrogen-bond donors (Lipinski definition) is 2. The van der Waals surface area contributed by atoms with E-state index in [1.807, 2.05) is 17.5 Å². The normalized spacial score (nSPS) is 13.0. The van der Waals surface area contributed by atoms with Crippen LogP contribution in [0.2, 0.25) is 0 Å². The highest BCUT2D eigenvalue weighted by Crippen LogP contribution is 2.27. The number of aromatic amines is 1. The number of H-pyrrole nitrogens is 1. The molecule has 0 spiro atoms. The van der Waals surface area contributed by atoms with Crippen molar-refractivity contribution >= 4 is 23.1 Å². The molecule has 1 amide bonds. The average Bonchev–Trinajstić information content (AvgIpc) is 3.34. The predicted molar refractivity (Wildman–Crippen MR) is 96.2 cm³/mol. The summed E-state index contributed by atoms with van der Waals surface area (Å²) < 4.78 is 1.50. The van der Waals surface area contributed by atoms with Crippen molar-refractivity contribution < 1.29 is 4.79 Å². The third-order valence-corrected chi connectivity index (χ3v) is 5.09. The summed E-state index contributed by atoms with van der Waals surface area (Å²) in [4.78, 5) is 32.5. The lowest BCUT2D eigenvalue weighted by molar-refractivity contribution is -0.115. The minimum absolute atomic E-state index is 0.123. The maximum Gasteiger partial charge on any atom is 0.255 e. The minimum atomic E-state index is -0.126. The van der Waals surface area contributed by atoms with Crippen LogP contribution in [0.4, 0.5) is 5.82 Å². The van der Waals surface area contributed by atoms with Gasteiger partial charge in [-0.2, -0.15) is 9.78 Å². The Morgan fingerprint density at radius 2 is 2.32 bits per heavy atom. The number of fused-ring (bicyclic) bond motifs is 1. The van der Waals surface area contributed by atoms with Crippen molar-refractivity contribution in [3.05, 3.63) is 45.2 Å². The number of nitrogens with one attached hydrogen (secondary N) is 2. The molecule has 0 aromatic carbocycles. The number of aromatic nitrogens is 4. The minimum Gasteiger partial charge on any atom is -0.310 e. The van der Waals surface area contributed by atoms with E-state index in [1.54, 1.807) is 24.3 Å². The van der Waals surface area contributed by atoms with Gasteiger partial charge in [0.15, 0.2) is 0 Å². The Balaban J connectivity index is 1.84. The zero-order chi connectivity index (χ0) is 17.4. The van der Waals surface area contributed by atoms with Crippen LogP contribution < -0.4 is 10.9 Å². The first-order chi connectivity index (χ1) is 12.2. The number of carbonyl (C=O) groups is 1. The van der Waals surface area contributed by atoms with Crippen LogP contribution in [-0.2, 0) is 17.6 Å². The van der Waals surface area contributed by atoms with Crippen molar-refractivity contribution in [3.8, 4) is 16.5 Å². The second-order valence-electron chi connectivity index (χ2n) is 5.87. The van der Waals surface area contributed by atoms with E-state index < -0.39 is 0 Å². The first-order valence-corrected chi connectivity index (χ1v) is 9.10. The standard InChI is InChI=1S/C17H17N5O2S/c1-2-15(23)19-14-9-12(13-7-4-8-25-13)21-22(14)17-18-11-6-3-5-10(11)16(24)20-17/h4,7-9H,2-3,5-6H2,1H3,(H,19,23)(H,18,20,24). The van der Waals surface area contributed by atoms with Crippen molar-refractivity contribution in [1.29, 1.82) is 0 Å². The van der Waals surface area contributed by atoms with E-state index in [0.29, 0.717) is 18.2 Å². The van der Waals surface area contributed by atoms with Gasteiger partial charge in [-0.3, -0.25) is 14.6 Å². The summed E-state index contributed by atoms with van der Waals surface area (Å²) >= 11 is 1.56. The van der Waals surface area contributed by atoms with E-state index in [1.165, 1.54) is 4.68 Å². The molecule has 0 saturated carbocycles. The Hall–Kier alpha value is -2.74. The molecule has 3 aromatic heterocycles. The molecular weight excluding hydrogens is 338 g/mol. The van der Waals surface area contributed by atoms with Crippen LogP contribution in [0.15, 0.2) is 28.4 Å². The molecule has 1 aliphatic carbocycles. The lowest BCUT2D eigenvalue weighted by Gasteiger charge is -2.08. The molecule has 7 nitrogen and oxygen atoms in total. The van der Waals surface area contributed by atoms with Gasteiger partial charge in [0.2, 0.25) is 11.9 Å². The molecule has 8 heteroatoms. The lowest BCUT2D eigenvalue weighted by atomic mass is 10.3. The summed E-state index contributed by atoms with van der Waals surface area (Å²) in [6.45, 7) is 1.78. The second kappa shape index (κ2) is 6.29. The van der Waals surface area contributed by atoms with Crippen molar-refractivity contribution in [2.75, 3.05) is 5.32 Å². The van der Waals surface area contributed by atoms with E-state index >= 15 is 0 Å². The fourth-order valence-electron chi connectivity index (χ4n) is 2.94. The summed E-state index contributed by atoms with van der Waals surface area (Å²) in [5, 5.41) is 9.36. The van der Waals surface area contributed by atoms with Gasteiger partial charge in [-0.15, -0.1) is 11.3 Å². The van der Waals surface area contributed by atoms with E-state index in [0.717, 1.165) is 41.1 Å². The number of aryl methyl sites for hydroxylation is 1. The molecule has 0 aliphatic heterocycles. The molecule has 3 heterocycles. The van der Waals surface area contributed by atoms with Gasteiger partial charge in [0.05, 0.1) is 10.6 Å². The van der Waals surface area contributed by atoms with Gasteiger partial charge in [-0.05, 0) is 30.7 Å². The zero-order valence-corrected chi connectivity index (χ0v) is 14.5. The molecule has 0 atom stereocenters. The van der Waals surface area contributed by atoms with Gasteiger partial charge < -0.3 is 5.32 Å². The summed E-state index contributed by atoms with van der Waals surface area (Å²) in [7, 11) is 0. The molecule has 128 valence electrons. The van der Waals surface area contributed by atoms with Gasteiger partial charge in [0.1, 0.15) is 11.5 Å². The molecular formula is C17H17N5O2S. The molecule has 2 N–H and O–H groups in total. The predicted octanol–water partition coefficient (Wildman–Crippen LogP) is 2.52. The maximum absolute atomic E-state index is 12.3. The summed E-state index contributed by atoms with van der Waals surface area (Å²) in [5.74, 6) is 0.707. The monoisotopic (exact) mass is 355 g/mol. The van der Waals surface area contributed by atoms with Crippen LogP contribution in [0.25, 0.3) is 16.5 Å². The van der Waals surface area contributed by atoms with Gasteiger partial charge in [-0.25, -0.2) is 4.98 Å². The Morgan fingerprint density at radius 3 is 3.08 bits per heavy atom. The fourth-order valence-corrected chi connectivity index (χ4v) is 3.62. The van der Waals surface area contributed by atoms with Crippen molar-refractivity contribution in [1.82, 2.24) is 19.7 Å². The number of hydrogen-bond acceptors (Lipinski definition) is 5. The van der Waals surface area contributed by atoms with Crippen molar-refractivity contribution in [2.24, 2.45) is 0 Å². The molecule has 4 rings (SSSR count). The number of rotatable bonds is 4. The largest absolute Gasteiger partial charge is 0.310 e. The summed E-state index contributed by atoms with van der Waals surface area (Å²) in [5.41, 5.74) is 2.18. The number of thiophene rings is 1. The van der Waals surface area contributed by atoms with E-state index in [2.05, 4.69) is 20.4 Å². The quantitative estimate of drug-likeness (QED) is 0.752. The lowest BCUT2D eigenvalue weighted by Crippen LogP contribution is -2.20. The number of nitrogens with zero attached hydrogens (tertiary/aromatic N) is 3. The molecule has 1 aliphatic rings. The van der Waals surface area contributed by atoms with Crippen LogP contribution in [0.3, 0.4) is 0 Å². The molecule has 0 saturated heterocycles. The average molecular weight is 355 g/mol. The zero-order valence-electron chi connectivity index (χ0n) is 13.7. The highest BCUT2D eigenvalue weighted by atomic mass is 32.1. The Morgan fingerprint density at radius 1 is 1.44 bits per heavy atom. The summed E-state index contributed by atoms with van der Waals surface area (Å²) in [6.07, 6.45) is 2.85. The van der Waals surface area contributed by atoms with E-state index in [-0.39, 0.29) is 11.5 Å². The number of carbonyl (C=O) groups excluding carboxylic acids is 1. The Labute approximate surface area is 147 Å². The first-order valence-electron chi connectivity index (χ1n) is 8.22. The number of anilines is 1. The molecule has 0 radical (unpaired) electrons. The van der Waals surface area contributed by atoms with Crippen molar-refractivity contribution in [3.63, 3.8) is 0 Å². The van der Waals surface area contributed by atoms with Gasteiger partial charge >= 0.3 is 0 Å². The van der Waals surface area contributed by atoms with Gasteiger partial charge in [-0.1, -0.05) is 13.0 Å². The number of amides is 1. The molecule has 0 unspecified atom stereocenters. The van der Waals surface area contributed by atoms with Gasteiger partial charge in [0.25, 0.3) is 5.56 Å². The van der Waals surface area contributed by atoms with Crippen molar-refractivity contribution in [2.45, 2.75) is 32.6 Å². The van der Waals surface area contributed by atoms with Crippen LogP contribution in [0, 0.1) is 0 Å². The van der Waals surface area contributed by atoms with Crippen LogP contribution >= 0.6 is 11.3 Å². The van der Waals surface area contributed by atoms with Crippen LogP contribution in [0.5, 0.6) is 0 Å². The topological polar surface area (TPSA) is 92.7 Å². The molecule has 25 heavy (non-hydrogen) atoms. The first kappa shape index (κ1) is 15.8. The van der Waals surface area contributed by atoms with Crippen LogP contribution in [-0.4, -0.2) is 25.7 Å². The maximum atomic E-state index is 12.3. The van der Waals surface area contributed by atoms with Gasteiger partial charge in [0, 0.05) is 18.1 Å². The Kier molecular flexibility index (Phi) is 3.96. The SMILES string of the molecule is CCC(=O)Nc1cc(-c2cccs2)nn1-c1nc2c(c(=O)[nH]1)CCC2. The highest BCUT2D eigenvalue weighted by Gasteiger charge is 2.20. The molecule has 3 aromatic rings. The Bertz CT molecular complexity index is 987. The molecule has 0 bridgehead atoms. The smallest absolute Gasteiger partial charge is 0.255 e. The van der Waals surface area contributed by atoms with E-state index in [4.69, 9.17) is 0 Å². The van der Waals surface area contributed by atoms with Crippen LogP contribution in [0.1, 0.15) is 31.0 Å². The third-order valence-electron chi connectivity index (χ3n) is 4.20. The fraction of sp³-hybridized carbons (Fsp3) is 0.294. The summed E-state index contributed by atoms with van der Waals surface area (Å²) in [6, 6.07) is 5.70.